The van der Waals surface area contributed by atoms with Gasteiger partial charge in [0.25, 0.3) is 0 Å². The maximum absolute atomic E-state index is 13.2. The molecule has 4 rings (SSSR count). The molecule has 2 aliphatic carbocycles. The summed E-state index contributed by atoms with van der Waals surface area (Å²) in [6.45, 7) is 2.31. The van der Waals surface area contributed by atoms with Crippen LogP contribution in [0.15, 0.2) is 77.3 Å². The second-order valence-electron chi connectivity index (χ2n) is 8.14. The first kappa shape index (κ1) is 23.3. The number of esters is 1. The third kappa shape index (κ3) is 3.98. The van der Waals surface area contributed by atoms with Gasteiger partial charge in [-0.15, -0.1) is 0 Å². The highest BCUT2D eigenvalue weighted by molar-refractivity contribution is 6.25. The van der Waals surface area contributed by atoms with E-state index in [0.29, 0.717) is 17.9 Å². The third-order valence-electron chi connectivity index (χ3n) is 6.22. The number of hydrogen-bond acceptors (Lipinski definition) is 7. The summed E-state index contributed by atoms with van der Waals surface area (Å²) in [4.78, 5) is 39.4. The number of benzene rings is 2. The Hall–Kier alpha value is -3.87. The third-order valence-corrected chi connectivity index (χ3v) is 6.22. The highest BCUT2D eigenvalue weighted by atomic mass is 16.5. The quantitative estimate of drug-likeness (QED) is 0.435. The lowest BCUT2D eigenvalue weighted by Crippen LogP contribution is -2.36. The fourth-order valence-electron chi connectivity index (χ4n) is 4.51. The zero-order chi connectivity index (χ0) is 24.3. The summed E-state index contributed by atoms with van der Waals surface area (Å²) in [5.41, 5.74) is 1.01. The van der Waals surface area contributed by atoms with Gasteiger partial charge in [-0.3, -0.25) is 14.4 Å². The van der Waals surface area contributed by atoms with Crippen LogP contribution in [0.4, 0.5) is 0 Å². The minimum Gasteiger partial charge on any atom is -0.489 e. The summed E-state index contributed by atoms with van der Waals surface area (Å²) in [5.74, 6) is -1.02. The normalized spacial score (nSPS) is 16.9. The highest BCUT2D eigenvalue weighted by Crippen LogP contribution is 2.49. The van der Waals surface area contributed by atoms with Crippen LogP contribution in [0.2, 0.25) is 0 Å². The van der Waals surface area contributed by atoms with Crippen molar-refractivity contribution in [2.45, 2.75) is 31.8 Å². The number of ketones is 2. The fourth-order valence-corrected chi connectivity index (χ4v) is 4.51. The molecule has 0 spiro atoms. The summed E-state index contributed by atoms with van der Waals surface area (Å²) in [6, 6.07) is 16.9. The molecule has 0 radical (unpaired) electrons. The molecule has 0 atom stereocenters. The van der Waals surface area contributed by atoms with Gasteiger partial charge in [0.15, 0.2) is 0 Å². The van der Waals surface area contributed by atoms with Crippen LogP contribution >= 0.6 is 0 Å². The summed E-state index contributed by atoms with van der Waals surface area (Å²) in [7, 11) is 2.62. The van der Waals surface area contributed by atoms with Crippen LogP contribution in [0, 0.1) is 0 Å². The van der Waals surface area contributed by atoms with Crippen LogP contribution in [0.1, 0.15) is 30.9 Å². The number of Topliss-reactive ketones (excluding diaryl/α,β-unsaturated/α-hetero) is 2. The molecule has 7 heteroatoms. The SMILES string of the molecule is CCOC(=O)C1(c2ccc(OCc3ccccc3)cc2)CC2=C(C1)C(=O)C(OC)=C(OC)C2=O. The van der Waals surface area contributed by atoms with Gasteiger partial charge in [-0.1, -0.05) is 42.5 Å². The van der Waals surface area contributed by atoms with Gasteiger partial charge in [0.2, 0.25) is 23.1 Å². The highest BCUT2D eigenvalue weighted by Gasteiger charge is 2.53. The van der Waals surface area contributed by atoms with Gasteiger partial charge in [0, 0.05) is 11.1 Å². The molecule has 0 unspecified atom stereocenters. The first-order valence-corrected chi connectivity index (χ1v) is 11.0. The van der Waals surface area contributed by atoms with E-state index in [1.807, 2.05) is 30.3 Å². The van der Waals surface area contributed by atoms with Gasteiger partial charge in [-0.25, -0.2) is 0 Å². The molecular formula is C27H26O7. The van der Waals surface area contributed by atoms with Crippen molar-refractivity contribution in [2.24, 2.45) is 0 Å². The zero-order valence-corrected chi connectivity index (χ0v) is 19.4. The van der Waals surface area contributed by atoms with E-state index in [1.54, 1.807) is 31.2 Å². The summed E-state index contributed by atoms with van der Waals surface area (Å²) in [6.07, 6.45) is 0.0830. The van der Waals surface area contributed by atoms with Crippen molar-refractivity contribution in [1.82, 2.24) is 0 Å². The maximum atomic E-state index is 13.2. The van der Waals surface area contributed by atoms with E-state index in [2.05, 4.69) is 0 Å². The van der Waals surface area contributed by atoms with Crippen LogP contribution in [-0.4, -0.2) is 38.4 Å². The number of ether oxygens (including phenoxy) is 4. The first-order chi connectivity index (χ1) is 16.4. The molecule has 7 nitrogen and oxygen atoms in total. The Morgan fingerprint density at radius 2 is 1.41 bits per heavy atom. The zero-order valence-electron chi connectivity index (χ0n) is 19.4. The van der Waals surface area contributed by atoms with Crippen LogP contribution < -0.4 is 4.74 Å². The molecule has 176 valence electrons. The number of allylic oxidation sites excluding steroid dienone is 2. The molecular weight excluding hydrogens is 436 g/mol. The second kappa shape index (κ2) is 9.55. The monoisotopic (exact) mass is 462 g/mol. The van der Waals surface area contributed by atoms with Crippen molar-refractivity contribution >= 4 is 17.5 Å². The Labute approximate surface area is 198 Å². The molecule has 2 aliphatic rings. The van der Waals surface area contributed by atoms with Crippen molar-refractivity contribution < 1.29 is 33.3 Å². The first-order valence-electron chi connectivity index (χ1n) is 11.0. The van der Waals surface area contributed by atoms with Crippen molar-refractivity contribution in [1.29, 1.82) is 0 Å². The van der Waals surface area contributed by atoms with Gasteiger partial charge < -0.3 is 18.9 Å². The van der Waals surface area contributed by atoms with Crippen LogP contribution in [0.3, 0.4) is 0 Å². The molecule has 34 heavy (non-hydrogen) atoms. The fraction of sp³-hybridized carbons (Fsp3) is 0.296. The average molecular weight is 462 g/mol. The molecule has 0 bridgehead atoms. The van der Waals surface area contributed by atoms with Gasteiger partial charge in [-0.05, 0) is 43.0 Å². The molecule has 0 fully saturated rings. The van der Waals surface area contributed by atoms with Crippen LogP contribution in [0.25, 0.3) is 0 Å². The summed E-state index contributed by atoms with van der Waals surface area (Å²) in [5, 5.41) is 0. The number of rotatable bonds is 8. The molecule has 0 heterocycles. The van der Waals surface area contributed by atoms with Crippen molar-refractivity contribution in [3.63, 3.8) is 0 Å². The minimum absolute atomic E-state index is 0.0415. The van der Waals surface area contributed by atoms with E-state index in [-0.39, 0.29) is 42.1 Å². The molecule has 0 N–H and O–H groups in total. The van der Waals surface area contributed by atoms with Crippen LogP contribution in [-0.2, 0) is 40.6 Å². The Morgan fingerprint density at radius 3 is 1.91 bits per heavy atom. The minimum atomic E-state index is -1.20. The van der Waals surface area contributed by atoms with Gasteiger partial charge in [-0.2, -0.15) is 0 Å². The van der Waals surface area contributed by atoms with E-state index < -0.39 is 23.0 Å². The molecule has 0 amide bonds. The van der Waals surface area contributed by atoms with E-state index in [0.717, 1.165) is 5.56 Å². The predicted octanol–water partition coefficient (Wildman–Crippen LogP) is 3.81. The topological polar surface area (TPSA) is 88.1 Å². The van der Waals surface area contributed by atoms with E-state index >= 15 is 0 Å². The summed E-state index contributed by atoms with van der Waals surface area (Å²) >= 11 is 0. The molecule has 0 saturated carbocycles. The molecule has 2 aromatic rings. The van der Waals surface area contributed by atoms with Gasteiger partial charge >= 0.3 is 5.97 Å². The van der Waals surface area contributed by atoms with Crippen molar-refractivity contribution in [2.75, 3.05) is 20.8 Å². The van der Waals surface area contributed by atoms with E-state index in [1.165, 1.54) is 14.2 Å². The van der Waals surface area contributed by atoms with Crippen LogP contribution in [0.5, 0.6) is 5.75 Å². The average Bonchev–Trinajstić information content (AvgIpc) is 3.29. The number of hydrogen-bond donors (Lipinski definition) is 0. The Kier molecular flexibility index (Phi) is 6.54. The predicted molar refractivity (Wildman–Crippen MR) is 123 cm³/mol. The molecule has 0 aliphatic heterocycles. The molecule has 0 saturated heterocycles. The Morgan fingerprint density at radius 1 is 0.853 bits per heavy atom. The van der Waals surface area contributed by atoms with Crippen molar-refractivity contribution in [3.8, 4) is 5.75 Å². The lowest BCUT2D eigenvalue weighted by atomic mass is 9.76. The smallest absolute Gasteiger partial charge is 0.317 e. The van der Waals surface area contributed by atoms with Crippen molar-refractivity contribution in [3.05, 3.63) is 88.4 Å². The summed E-state index contributed by atoms with van der Waals surface area (Å²) < 4.78 is 21.6. The second-order valence-corrected chi connectivity index (χ2v) is 8.14. The maximum Gasteiger partial charge on any atom is 0.317 e. The number of carbonyl (C=O) groups is 3. The Bertz CT molecular complexity index is 1140. The van der Waals surface area contributed by atoms with Gasteiger partial charge in [0.1, 0.15) is 17.8 Å². The largest absolute Gasteiger partial charge is 0.489 e. The molecule has 2 aromatic carbocycles. The Balaban J connectivity index is 1.63. The van der Waals surface area contributed by atoms with E-state index in [9.17, 15) is 14.4 Å². The lowest BCUT2D eigenvalue weighted by Gasteiger charge is -2.28. The van der Waals surface area contributed by atoms with Gasteiger partial charge in [0.05, 0.1) is 20.8 Å². The standard InChI is InChI=1S/C27H26O7/c1-4-33-26(30)27(14-20-21(15-27)23(29)25(32-3)24(31-2)22(20)28)18-10-12-19(13-11-18)34-16-17-8-6-5-7-9-17/h5-13H,4,14-16H2,1-3H3. The number of carbonyl (C=O) groups excluding carboxylic acids is 3. The molecule has 0 aromatic heterocycles. The number of methoxy groups -OCH3 is 2. The lowest BCUT2D eigenvalue weighted by molar-refractivity contribution is -0.149. The van der Waals surface area contributed by atoms with E-state index in [4.69, 9.17) is 18.9 Å².